The van der Waals surface area contributed by atoms with E-state index in [0.29, 0.717) is 19.0 Å². The Morgan fingerprint density at radius 3 is 2.68 bits per heavy atom. The molecule has 0 aliphatic rings. The van der Waals surface area contributed by atoms with E-state index in [9.17, 15) is 0 Å². The highest BCUT2D eigenvalue weighted by molar-refractivity contribution is 5.79. The number of benzene rings is 1. The minimum Gasteiger partial charge on any atom is -0.467 e. The van der Waals surface area contributed by atoms with Crippen molar-refractivity contribution in [3.8, 4) is 11.5 Å². The van der Waals surface area contributed by atoms with E-state index in [4.69, 9.17) is 8.83 Å². The fourth-order valence-electron chi connectivity index (χ4n) is 2.36. The predicted molar refractivity (Wildman–Crippen MR) is 97.3 cm³/mol. The third kappa shape index (κ3) is 4.73. The molecule has 2 aromatic heterocycles. The van der Waals surface area contributed by atoms with Gasteiger partial charge < -0.3 is 19.5 Å². The van der Waals surface area contributed by atoms with Gasteiger partial charge in [0, 0.05) is 25.6 Å². The zero-order chi connectivity index (χ0) is 17.5. The Hall–Kier alpha value is -3.02. The van der Waals surface area contributed by atoms with Gasteiger partial charge in [0.25, 0.3) is 0 Å². The molecule has 0 aliphatic heterocycles. The Kier molecular flexibility index (Phi) is 5.51. The van der Waals surface area contributed by atoms with Gasteiger partial charge in [-0.2, -0.15) is 0 Å². The molecule has 0 unspecified atom stereocenters. The highest BCUT2D eigenvalue weighted by atomic mass is 16.3. The van der Waals surface area contributed by atoms with Gasteiger partial charge in [-0.1, -0.05) is 17.7 Å². The molecule has 3 aromatic rings. The van der Waals surface area contributed by atoms with Crippen LogP contribution < -0.4 is 10.6 Å². The normalized spacial score (nSPS) is 11.5. The molecule has 2 N–H and O–H groups in total. The quantitative estimate of drug-likeness (QED) is 0.533. The summed E-state index contributed by atoms with van der Waals surface area (Å²) in [6.07, 6.45) is 4.11. The Morgan fingerprint density at radius 1 is 1.12 bits per heavy atom. The molecule has 0 aliphatic carbocycles. The van der Waals surface area contributed by atoms with Gasteiger partial charge >= 0.3 is 0 Å². The maximum atomic E-state index is 5.57. The maximum absolute atomic E-state index is 5.57. The summed E-state index contributed by atoms with van der Waals surface area (Å²) in [6, 6.07) is 11.9. The predicted octanol–water partition coefficient (Wildman–Crippen LogP) is 3.15. The molecular formula is C19H22N4O2. The molecule has 0 saturated carbocycles. The van der Waals surface area contributed by atoms with Crippen LogP contribution >= 0.6 is 0 Å². The van der Waals surface area contributed by atoms with Crippen molar-refractivity contribution in [2.45, 2.75) is 19.9 Å². The van der Waals surface area contributed by atoms with Crippen molar-refractivity contribution < 1.29 is 8.83 Å². The van der Waals surface area contributed by atoms with Crippen LogP contribution in [0.1, 0.15) is 17.0 Å². The zero-order valence-corrected chi connectivity index (χ0v) is 14.5. The van der Waals surface area contributed by atoms with Gasteiger partial charge in [0.15, 0.2) is 5.96 Å². The first-order chi connectivity index (χ1) is 12.2. The number of furan rings is 1. The number of aryl methyl sites for hydroxylation is 1. The Morgan fingerprint density at radius 2 is 1.96 bits per heavy atom. The van der Waals surface area contributed by atoms with Crippen LogP contribution in [0.2, 0.25) is 0 Å². The highest BCUT2D eigenvalue weighted by Gasteiger charge is 2.07. The minimum atomic E-state index is 0.591. The summed E-state index contributed by atoms with van der Waals surface area (Å²) in [7, 11) is 1.74. The van der Waals surface area contributed by atoms with Gasteiger partial charge in [-0.3, -0.25) is 4.99 Å². The minimum absolute atomic E-state index is 0.591. The van der Waals surface area contributed by atoms with Gasteiger partial charge in [-0.25, -0.2) is 4.98 Å². The lowest BCUT2D eigenvalue weighted by Gasteiger charge is -2.09. The second kappa shape index (κ2) is 8.19. The molecule has 0 fully saturated rings. The van der Waals surface area contributed by atoms with Gasteiger partial charge in [0.2, 0.25) is 5.89 Å². The number of rotatable bonds is 6. The van der Waals surface area contributed by atoms with E-state index in [-0.39, 0.29) is 0 Å². The number of aromatic nitrogens is 1. The average molecular weight is 338 g/mol. The van der Waals surface area contributed by atoms with Crippen molar-refractivity contribution in [2.75, 3.05) is 13.6 Å². The van der Waals surface area contributed by atoms with Gasteiger partial charge in [0.05, 0.1) is 18.5 Å². The number of hydrogen-bond acceptors (Lipinski definition) is 4. The third-order valence-corrected chi connectivity index (χ3v) is 3.76. The monoisotopic (exact) mass is 338 g/mol. The molecule has 130 valence electrons. The summed E-state index contributed by atoms with van der Waals surface area (Å²) < 4.78 is 10.9. The first-order valence-electron chi connectivity index (χ1n) is 8.23. The number of aliphatic imine (C=N–C) groups is 1. The fraction of sp³-hybridized carbons (Fsp3) is 0.263. The molecule has 6 nitrogen and oxygen atoms in total. The summed E-state index contributed by atoms with van der Waals surface area (Å²) in [5.74, 6) is 2.23. The van der Waals surface area contributed by atoms with Crippen LogP contribution in [0.4, 0.5) is 0 Å². The van der Waals surface area contributed by atoms with E-state index < -0.39 is 0 Å². The van der Waals surface area contributed by atoms with Gasteiger partial charge in [-0.05, 0) is 31.2 Å². The maximum Gasteiger partial charge on any atom is 0.226 e. The highest BCUT2D eigenvalue weighted by Crippen LogP contribution is 2.19. The lowest BCUT2D eigenvalue weighted by molar-refractivity contribution is 0.501. The molecule has 0 atom stereocenters. The van der Waals surface area contributed by atoms with E-state index >= 15 is 0 Å². The zero-order valence-electron chi connectivity index (χ0n) is 14.5. The number of nitrogens with one attached hydrogen (secondary N) is 2. The molecule has 25 heavy (non-hydrogen) atoms. The van der Waals surface area contributed by atoms with Gasteiger partial charge in [-0.15, -0.1) is 0 Å². The first-order valence-corrected chi connectivity index (χ1v) is 8.23. The van der Waals surface area contributed by atoms with Crippen molar-refractivity contribution in [3.05, 3.63) is 65.9 Å². The summed E-state index contributed by atoms with van der Waals surface area (Å²) >= 11 is 0. The van der Waals surface area contributed by atoms with E-state index in [2.05, 4.69) is 39.7 Å². The second-order valence-corrected chi connectivity index (χ2v) is 5.69. The van der Waals surface area contributed by atoms with Crippen LogP contribution in [0.15, 0.2) is 62.8 Å². The topological polar surface area (TPSA) is 75.6 Å². The molecule has 0 saturated heterocycles. The van der Waals surface area contributed by atoms with Crippen molar-refractivity contribution >= 4 is 5.96 Å². The lowest BCUT2D eigenvalue weighted by atomic mass is 10.1. The third-order valence-electron chi connectivity index (χ3n) is 3.76. The van der Waals surface area contributed by atoms with Crippen LogP contribution in [0.3, 0.4) is 0 Å². The van der Waals surface area contributed by atoms with E-state index in [1.165, 1.54) is 5.56 Å². The van der Waals surface area contributed by atoms with Gasteiger partial charge in [0.1, 0.15) is 12.0 Å². The van der Waals surface area contributed by atoms with Crippen molar-refractivity contribution in [2.24, 2.45) is 4.99 Å². The van der Waals surface area contributed by atoms with E-state index in [0.717, 1.165) is 29.4 Å². The van der Waals surface area contributed by atoms with Crippen LogP contribution in [0, 0.1) is 6.92 Å². The molecule has 0 spiro atoms. The smallest absolute Gasteiger partial charge is 0.226 e. The van der Waals surface area contributed by atoms with Crippen molar-refractivity contribution in [1.82, 2.24) is 15.6 Å². The SMILES string of the molecule is CN=C(NCCc1coc(-c2ccc(C)cc2)n1)NCc1ccco1. The molecule has 0 amide bonds. The molecule has 1 aromatic carbocycles. The molecule has 2 heterocycles. The number of nitrogens with zero attached hydrogens (tertiary/aromatic N) is 2. The van der Waals surface area contributed by atoms with Crippen LogP contribution in [-0.4, -0.2) is 24.5 Å². The molecular weight excluding hydrogens is 316 g/mol. The molecule has 3 rings (SSSR count). The standard InChI is InChI=1S/C19H22N4O2/c1-14-5-7-15(8-6-14)18-23-16(13-25-18)9-10-21-19(20-2)22-12-17-4-3-11-24-17/h3-8,11,13H,9-10,12H2,1-2H3,(H2,20,21,22). The Bertz CT molecular complexity index is 804. The fourth-order valence-corrected chi connectivity index (χ4v) is 2.36. The molecule has 0 radical (unpaired) electrons. The largest absolute Gasteiger partial charge is 0.467 e. The summed E-state index contributed by atoms with van der Waals surface area (Å²) in [6.45, 7) is 3.36. The first kappa shape index (κ1) is 16.8. The molecule has 6 heteroatoms. The number of oxazole rings is 1. The van der Waals surface area contributed by atoms with E-state index in [1.54, 1.807) is 19.6 Å². The lowest BCUT2D eigenvalue weighted by Crippen LogP contribution is -2.37. The van der Waals surface area contributed by atoms with E-state index in [1.807, 2.05) is 24.3 Å². The number of hydrogen-bond donors (Lipinski definition) is 2. The van der Waals surface area contributed by atoms with Crippen molar-refractivity contribution in [3.63, 3.8) is 0 Å². The Balaban J connectivity index is 1.47. The van der Waals surface area contributed by atoms with Crippen LogP contribution in [-0.2, 0) is 13.0 Å². The molecule has 0 bridgehead atoms. The average Bonchev–Trinajstić information content (AvgIpc) is 3.30. The van der Waals surface area contributed by atoms with Crippen molar-refractivity contribution in [1.29, 1.82) is 0 Å². The summed E-state index contributed by atoms with van der Waals surface area (Å²) in [4.78, 5) is 8.73. The summed E-state index contributed by atoms with van der Waals surface area (Å²) in [5, 5.41) is 6.45. The second-order valence-electron chi connectivity index (χ2n) is 5.69. The van der Waals surface area contributed by atoms with Crippen LogP contribution in [0.25, 0.3) is 11.5 Å². The van der Waals surface area contributed by atoms with Crippen LogP contribution in [0.5, 0.6) is 0 Å². The Labute approximate surface area is 147 Å². The number of guanidine groups is 1. The summed E-state index contributed by atoms with van der Waals surface area (Å²) in [5.41, 5.74) is 3.11.